The smallest absolute Gasteiger partial charge is 0.373 e. The molecule has 0 spiro atoms. The molecule has 20 heavy (non-hydrogen) atoms. The van der Waals surface area contributed by atoms with E-state index in [1.807, 2.05) is 12.1 Å². The minimum Gasteiger partial charge on any atom is -0.373 e. The van der Waals surface area contributed by atoms with Gasteiger partial charge in [0.1, 0.15) is 0 Å². The summed E-state index contributed by atoms with van der Waals surface area (Å²) in [6.07, 6.45) is 2.08. The van der Waals surface area contributed by atoms with Gasteiger partial charge in [-0.05, 0) is 30.7 Å². The molecule has 4 nitrogen and oxygen atoms in total. The van der Waals surface area contributed by atoms with E-state index in [-0.39, 0.29) is 0 Å². The number of rotatable bonds is 6. The van der Waals surface area contributed by atoms with Crippen molar-refractivity contribution in [3.05, 3.63) is 42.6 Å². The van der Waals surface area contributed by atoms with Gasteiger partial charge in [0, 0.05) is 45.0 Å². The van der Waals surface area contributed by atoms with Crippen LogP contribution in [0.1, 0.15) is 6.92 Å². The van der Waals surface area contributed by atoms with E-state index in [0.29, 0.717) is 0 Å². The van der Waals surface area contributed by atoms with Crippen LogP contribution in [0.5, 0.6) is 0 Å². The lowest BCUT2D eigenvalue weighted by Crippen LogP contribution is -2.54. The van der Waals surface area contributed by atoms with Crippen LogP contribution >= 0.6 is 0 Å². The van der Waals surface area contributed by atoms with Gasteiger partial charge in [-0.15, -0.1) is 0 Å². The zero-order valence-electron chi connectivity index (χ0n) is 12.4. The molecule has 0 saturated carbocycles. The van der Waals surface area contributed by atoms with Crippen molar-refractivity contribution >= 4 is 14.0 Å². The lowest BCUT2D eigenvalue weighted by molar-refractivity contribution is 0.140. The van der Waals surface area contributed by atoms with E-state index in [2.05, 4.69) is 42.0 Å². The molecule has 2 aromatic rings. The number of nitrogens with zero attached hydrogens (tertiary/aromatic N) is 1. The maximum atomic E-state index is 5.54. The Morgan fingerprint density at radius 1 is 1.00 bits per heavy atom. The number of benzene rings is 1. The second kappa shape index (κ2) is 6.36. The molecule has 1 aromatic carbocycles. The molecule has 0 fully saturated rings. The van der Waals surface area contributed by atoms with Crippen LogP contribution in [0.3, 0.4) is 0 Å². The number of aromatic nitrogens is 1. The molecule has 0 atom stereocenters. The first kappa shape index (κ1) is 15.0. The monoisotopic (exact) mass is 291 g/mol. The summed E-state index contributed by atoms with van der Waals surface area (Å²) in [6.45, 7) is 3.07. The third-order valence-corrected chi connectivity index (χ3v) is 6.12. The van der Waals surface area contributed by atoms with Crippen molar-refractivity contribution in [1.82, 2.24) is 4.57 Å². The van der Waals surface area contributed by atoms with E-state index in [1.165, 1.54) is 5.69 Å². The summed E-state index contributed by atoms with van der Waals surface area (Å²) in [6, 6.07) is 12.3. The average molecular weight is 291 g/mol. The molecule has 108 valence electrons. The Morgan fingerprint density at radius 3 is 2.30 bits per heavy atom. The van der Waals surface area contributed by atoms with Gasteiger partial charge in [0.15, 0.2) is 0 Å². The second-order valence-electron chi connectivity index (χ2n) is 4.43. The third-order valence-electron chi connectivity index (χ3n) is 3.49. The SMILES string of the molecule is CCn1cccc1-c1cccc([Si](OC)(OC)OC)c1. The summed E-state index contributed by atoms with van der Waals surface area (Å²) >= 11 is 0. The summed E-state index contributed by atoms with van der Waals surface area (Å²) < 4.78 is 18.8. The van der Waals surface area contributed by atoms with Crippen molar-refractivity contribution in [3.63, 3.8) is 0 Å². The van der Waals surface area contributed by atoms with Gasteiger partial charge in [-0.3, -0.25) is 0 Å². The summed E-state index contributed by atoms with van der Waals surface area (Å²) in [5.74, 6) is 0. The predicted molar refractivity (Wildman–Crippen MR) is 82.0 cm³/mol. The fourth-order valence-corrected chi connectivity index (χ4v) is 4.26. The van der Waals surface area contributed by atoms with Crippen molar-refractivity contribution in [2.75, 3.05) is 21.3 Å². The van der Waals surface area contributed by atoms with E-state index in [9.17, 15) is 0 Å². The normalized spacial score (nSPS) is 11.8. The van der Waals surface area contributed by atoms with Crippen LogP contribution in [0.2, 0.25) is 0 Å². The Morgan fingerprint density at radius 2 is 1.70 bits per heavy atom. The third kappa shape index (κ3) is 2.58. The van der Waals surface area contributed by atoms with Gasteiger partial charge >= 0.3 is 8.80 Å². The van der Waals surface area contributed by atoms with Gasteiger partial charge < -0.3 is 17.8 Å². The van der Waals surface area contributed by atoms with Gasteiger partial charge in [0.05, 0.1) is 0 Å². The summed E-state index contributed by atoms with van der Waals surface area (Å²) in [5.41, 5.74) is 2.32. The number of hydrogen-bond acceptors (Lipinski definition) is 3. The van der Waals surface area contributed by atoms with Crippen molar-refractivity contribution in [2.45, 2.75) is 13.5 Å². The molecule has 0 aliphatic carbocycles. The van der Waals surface area contributed by atoms with Crippen LogP contribution in [-0.4, -0.2) is 34.7 Å². The van der Waals surface area contributed by atoms with Crippen LogP contribution < -0.4 is 5.19 Å². The van der Waals surface area contributed by atoms with Crippen LogP contribution in [0, 0.1) is 0 Å². The lowest BCUT2D eigenvalue weighted by atomic mass is 10.1. The molecular formula is C15H21NO3Si. The van der Waals surface area contributed by atoms with Crippen molar-refractivity contribution in [1.29, 1.82) is 0 Å². The van der Waals surface area contributed by atoms with Gasteiger partial charge in [-0.1, -0.05) is 18.2 Å². The summed E-state index contributed by atoms with van der Waals surface area (Å²) in [5, 5.41) is 0.964. The van der Waals surface area contributed by atoms with Gasteiger partial charge in [0.2, 0.25) is 0 Å². The highest BCUT2D eigenvalue weighted by Gasteiger charge is 2.40. The number of aryl methyl sites for hydroxylation is 1. The van der Waals surface area contributed by atoms with Crippen LogP contribution in [-0.2, 0) is 19.8 Å². The molecule has 1 aromatic heterocycles. The Kier molecular flexibility index (Phi) is 4.77. The predicted octanol–water partition coefficient (Wildman–Crippen LogP) is 2.26. The zero-order valence-corrected chi connectivity index (χ0v) is 13.4. The van der Waals surface area contributed by atoms with Crippen molar-refractivity contribution in [3.8, 4) is 11.3 Å². The quantitative estimate of drug-likeness (QED) is 0.765. The fraction of sp³-hybridized carbons (Fsp3) is 0.333. The standard InChI is InChI=1S/C15H21NO3Si/c1-5-16-11-7-10-15(16)13-8-6-9-14(12-13)20(17-2,18-3)19-4/h6-12H,5H2,1-4H3. The first-order valence-electron chi connectivity index (χ1n) is 6.62. The number of hydrogen-bond donors (Lipinski definition) is 0. The van der Waals surface area contributed by atoms with E-state index >= 15 is 0 Å². The van der Waals surface area contributed by atoms with Crippen molar-refractivity contribution < 1.29 is 13.3 Å². The Balaban J connectivity index is 2.47. The Bertz CT molecular complexity index is 555. The Labute approximate surface area is 121 Å². The van der Waals surface area contributed by atoms with E-state index < -0.39 is 8.80 Å². The zero-order chi connectivity index (χ0) is 14.6. The van der Waals surface area contributed by atoms with Crippen LogP contribution in [0.15, 0.2) is 42.6 Å². The molecule has 0 saturated heterocycles. The molecule has 2 rings (SSSR count). The average Bonchev–Trinajstić information content (AvgIpc) is 2.98. The topological polar surface area (TPSA) is 32.6 Å². The Hall–Kier alpha value is -1.40. The molecule has 0 radical (unpaired) electrons. The molecule has 0 aliphatic rings. The highest BCUT2D eigenvalue weighted by Crippen LogP contribution is 2.20. The molecule has 5 heteroatoms. The molecular weight excluding hydrogens is 270 g/mol. The lowest BCUT2D eigenvalue weighted by Gasteiger charge is -2.25. The summed E-state index contributed by atoms with van der Waals surface area (Å²) in [7, 11) is 2.10. The van der Waals surface area contributed by atoms with Crippen LogP contribution in [0.25, 0.3) is 11.3 Å². The highest BCUT2D eigenvalue weighted by atomic mass is 28.4. The van der Waals surface area contributed by atoms with Gasteiger partial charge in [-0.2, -0.15) is 0 Å². The fourth-order valence-electron chi connectivity index (χ4n) is 2.42. The molecule has 0 bridgehead atoms. The maximum Gasteiger partial charge on any atom is 0.536 e. The summed E-state index contributed by atoms with van der Waals surface area (Å²) in [4.78, 5) is 0. The highest BCUT2D eigenvalue weighted by molar-refractivity contribution is 6.75. The van der Waals surface area contributed by atoms with Gasteiger partial charge in [0.25, 0.3) is 0 Å². The van der Waals surface area contributed by atoms with Crippen molar-refractivity contribution in [2.24, 2.45) is 0 Å². The molecule has 0 aliphatic heterocycles. The van der Waals surface area contributed by atoms with E-state index in [1.54, 1.807) is 21.3 Å². The van der Waals surface area contributed by atoms with E-state index in [0.717, 1.165) is 17.3 Å². The largest absolute Gasteiger partial charge is 0.536 e. The van der Waals surface area contributed by atoms with Gasteiger partial charge in [-0.25, -0.2) is 0 Å². The van der Waals surface area contributed by atoms with E-state index in [4.69, 9.17) is 13.3 Å². The molecule has 0 N–H and O–H groups in total. The molecule has 1 heterocycles. The molecule has 0 unspecified atom stereocenters. The molecule has 0 amide bonds. The van der Waals surface area contributed by atoms with Crippen LogP contribution in [0.4, 0.5) is 0 Å². The first-order valence-corrected chi connectivity index (χ1v) is 8.34. The maximum absolute atomic E-state index is 5.54. The first-order chi connectivity index (χ1) is 9.70. The minimum atomic E-state index is -2.77. The second-order valence-corrected chi connectivity index (χ2v) is 7.34. The minimum absolute atomic E-state index is 0.938.